The van der Waals surface area contributed by atoms with Crippen molar-refractivity contribution in [1.29, 1.82) is 0 Å². The molecule has 0 aliphatic carbocycles. The van der Waals surface area contributed by atoms with E-state index in [1.807, 2.05) is 0 Å². The van der Waals surface area contributed by atoms with Gasteiger partial charge in [0.25, 0.3) is 0 Å². The second-order valence-corrected chi connectivity index (χ2v) is 7.90. The van der Waals surface area contributed by atoms with Crippen molar-refractivity contribution >= 4 is 35.8 Å². The van der Waals surface area contributed by atoms with Crippen molar-refractivity contribution in [3.05, 3.63) is 35.9 Å². The minimum absolute atomic E-state index is 0. The van der Waals surface area contributed by atoms with Crippen molar-refractivity contribution in [2.75, 3.05) is 33.2 Å². The molecule has 1 aliphatic heterocycles. The van der Waals surface area contributed by atoms with E-state index in [9.17, 15) is 4.79 Å². The van der Waals surface area contributed by atoms with Crippen LogP contribution >= 0.6 is 24.0 Å². The lowest BCUT2D eigenvalue weighted by Gasteiger charge is -2.34. The van der Waals surface area contributed by atoms with Gasteiger partial charge in [-0.05, 0) is 51.6 Å². The van der Waals surface area contributed by atoms with Crippen molar-refractivity contribution in [3.63, 3.8) is 0 Å². The summed E-state index contributed by atoms with van der Waals surface area (Å²) in [6.45, 7) is 8.79. The number of halogens is 1. The number of nitrogens with one attached hydrogen (secondary N) is 1. The van der Waals surface area contributed by atoms with Gasteiger partial charge in [0.05, 0.1) is 0 Å². The van der Waals surface area contributed by atoms with E-state index in [0.717, 1.165) is 57.9 Å². The number of guanidine groups is 1. The van der Waals surface area contributed by atoms with Gasteiger partial charge in [0, 0.05) is 45.2 Å². The number of likely N-dealkylation sites (tertiary alicyclic amines) is 1. The van der Waals surface area contributed by atoms with E-state index < -0.39 is 0 Å². The maximum Gasteiger partial charge on any atom is 0.217 e. The third-order valence-corrected chi connectivity index (χ3v) is 5.48. The van der Waals surface area contributed by atoms with Gasteiger partial charge in [-0.2, -0.15) is 0 Å². The number of primary amides is 1. The van der Waals surface area contributed by atoms with Gasteiger partial charge in [0.1, 0.15) is 0 Å². The standard InChI is InChI=1S/C22H37N5O.HI/c1-4-24-22(27-14-8-11-20(17-27)15-21(23)28)25-13-12-18(2)26(3)16-19-9-6-5-7-10-19;/h5-7,9-10,18,20H,4,8,11-17H2,1-3H3,(H2,23,28)(H,24,25);1H. The van der Waals surface area contributed by atoms with Gasteiger partial charge in [-0.1, -0.05) is 30.3 Å². The van der Waals surface area contributed by atoms with E-state index in [1.54, 1.807) is 0 Å². The second-order valence-electron chi connectivity index (χ2n) is 7.90. The molecule has 1 fully saturated rings. The number of rotatable bonds is 9. The lowest BCUT2D eigenvalue weighted by Crippen LogP contribution is -2.47. The highest BCUT2D eigenvalue weighted by Gasteiger charge is 2.23. The van der Waals surface area contributed by atoms with Crippen molar-refractivity contribution in [3.8, 4) is 0 Å². The third kappa shape index (κ3) is 9.33. The third-order valence-electron chi connectivity index (χ3n) is 5.48. The van der Waals surface area contributed by atoms with Crippen LogP contribution in [0.4, 0.5) is 0 Å². The van der Waals surface area contributed by atoms with Crippen LogP contribution in [0.3, 0.4) is 0 Å². The van der Waals surface area contributed by atoms with E-state index in [4.69, 9.17) is 10.7 Å². The first-order valence-electron chi connectivity index (χ1n) is 10.5. The number of carbonyl (C=O) groups excluding carboxylic acids is 1. The molecule has 0 spiro atoms. The summed E-state index contributed by atoms with van der Waals surface area (Å²) in [7, 11) is 2.17. The number of carbonyl (C=O) groups is 1. The molecule has 1 saturated heterocycles. The van der Waals surface area contributed by atoms with Crippen LogP contribution in [0.1, 0.15) is 45.1 Å². The van der Waals surface area contributed by atoms with Crippen LogP contribution in [0.5, 0.6) is 0 Å². The molecule has 1 aromatic carbocycles. The molecule has 29 heavy (non-hydrogen) atoms. The molecular formula is C22H38IN5O. The molecule has 1 amide bonds. The average Bonchev–Trinajstić information content (AvgIpc) is 2.67. The van der Waals surface area contributed by atoms with Gasteiger partial charge in [-0.25, -0.2) is 0 Å². The molecule has 7 heteroatoms. The number of amides is 1. The number of benzene rings is 1. The van der Waals surface area contributed by atoms with Gasteiger partial charge in [0.2, 0.25) is 5.91 Å². The first-order chi connectivity index (χ1) is 13.5. The summed E-state index contributed by atoms with van der Waals surface area (Å²) in [5.74, 6) is 1.10. The molecule has 0 saturated carbocycles. The number of piperidine rings is 1. The molecule has 1 aromatic rings. The summed E-state index contributed by atoms with van der Waals surface area (Å²) in [6.07, 6.45) is 3.63. The summed E-state index contributed by atoms with van der Waals surface area (Å²) in [5, 5.41) is 3.42. The average molecular weight is 515 g/mol. The normalized spacial score (nSPS) is 18.3. The van der Waals surface area contributed by atoms with Crippen LogP contribution in [0, 0.1) is 5.92 Å². The smallest absolute Gasteiger partial charge is 0.217 e. The highest BCUT2D eigenvalue weighted by Crippen LogP contribution is 2.19. The van der Waals surface area contributed by atoms with Crippen LogP contribution in [-0.4, -0.2) is 60.9 Å². The minimum atomic E-state index is -0.205. The maximum atomic E-state index is 11.3. The second kappa shape index (κ2) is 13.8. The quantitative estimate of drug-likeness (QED) is 0.301. The fourth-order valence-electron chi connectivity index (χ4n) is 3.74. The zero-order valence-corrected chi connectivity index (χ0v) is 20.5. The van der Waals surface area contributed by atoms with E-state index in [2.05, 4.69) is 66.3 Å². The Morgan fingerprint density at radius 2 is 2.10 bits per heavy atom. The first-order valence-corrected chi connectivity index (χ1v) is 10.5. The SMILES string of the molecule is CCNC(=NCCC(C)N(C)Cc1ccccc1)N1CCCC(CC(N)=O)C1.I. The molecule has 0 radical (unpaired) electrons. The lowest BCUT2D eigenvalue weighted by atomic mass is 9.95. The predicted octanol–water partition coefficient (Wildman–Crippen LogP) is 3.07. The van der Waals surface area contributed by atoms with Crippen molar-refractivity contribution in [2.24, 2.45) is 16.6 Å². The maximum absolute atomic E-state index is 11.3. The van der Waals surface area contributed by atoms with Crippen molar-refractivity contribution < 1.29 is 4.79 Å². The highest BCUT2D eigenvalue weighted by atomic mass is 127. The molecule has 0 aromatic heterocycles. The molecule has 2 unspecified atom stereocenters. The number of hydrogen-bond acceptors (Lipinski definition) is 3. The first kappa shape index (κ1) is 25.7. The zero-order chi connectivity index (χ0) is 20.4. The van der Waals surface area contributed by atoms with E-state index in [0.29, 0.717) is 18.4 Å². The molecular weight excluding hydrogens is 477 g/mol. The molecule has 2 atom stereocenters. The van der Waals surface area contributed by atoms with Gasteiger partial charge in [-0.3, -0.25) is 14.7 Å². The summed E-state index contributed by atoms with van der Waals surface area (Å²) in [5.41, 5.74) is 6.73. The number of nitrogens with zero attached hydrogens (tertiary/aromatic N) is 3. The monoisotopic (exact) mass is 515 g/mol. The zero-order valence-electron chi connectivity index (χ0n) is 18.1. The largest absolute Gasteiger partial charge is 0.370 e. The summed E-state index contributed by atoms with van der Waals surface area (Å²) >= 11 is 0. The Morgan fingerprint density at radius 1 is 1.38 bits per heavy atom. The fraction of sp³-hybridized carbons (Fsp3) is 0.636. The van der Waals surface area contributed by atoms with Crippen LogP contribution in [0.2, 0.25) is 0 Å². The molecule has 1 heterocycles. The Bertz CT molecular complexity index is 625. The number of aliphatic imine (C=N–C) groups is 1. The Balaban J connectivity index is 0.00000420. The van der Waals surface area contributed by atoms with E-state index in [1.165, 1.54) is 5.56 Å². The molecule has 0 bridgehead atoms. The molecule has 1 aliphatic rings. The predicted molar refractivity (Wildman–Crippen MR) is 131 cm³/mol. The van der Waals surface area contributed by atoms with Crippen LogP contribution in [-0.2, 0) is 11.3 Å². The Hall–Kier alpha value is -1.35. The molecule has 3 N–H and O–H groups in total. The van der Waals surface area contributed by atoms with E-state index >= 15 is 0 Å². The fourth-order valence-corrected chi connectivity index (χ4v) is 3.74. The van der Waals surface area contributed by atoms with Crippen molar-refractivity contribution in [2.45, 2.75) is 52.1 Å². The van der Waals surface area contributed by atoms with Crippen LogP contribution in [0.25, 0.3) is 0 Å². The molecule has 6 nitrogen and oxygen atoms in total. The summed E-state index contributed by atoms with van der Waals surface area (Å²) in [4.78, 5) is 20.8. The van der Waals surface area contributed by atoms with Gasteiger partial charge in [0.15, 0.2) is 5.96 Å². The highest BCUT2D eigenvalue weighted by molar-refractivity contribution is 14.0. The lowest BCUT2D eigenvalue weighted by molar-refractivity contribution is -0.119. The Labute approximate surface area is 193 Å². The van der Waals surface area contributed by atoms with Gasteiger partial charge in [-0.15, -0.1) is 24.0 Å². The number of nitrogens with two attached hydrogens (primary N) is 1. The Morgan fingerprint density at radius 3 is 2.76 bits per heavy atom. The van der Waals surface area contributed by atoms with E-state index in [-0.39, 0.29) is 29.9 Å². The minimum Gasteiger partial charge on any atom is -0.370 e. The van der Waals surface area contributed by atoms with Crippen LogP contribution < -0.4 is 11.1 Å². The van der Waals surface area contributed by atoms with Crippen LogP contribution in [0.15, 0.2) is 35.3 Å². The summed E-state index contributed by atoms with van der Waals surface area (Å²) in [6, 6.07) is 11.0. The summed E-state index contributed by atoms with van der Waals surface area (Å²) < 4.78 is 0. The number of hydrogen-bond donors (Lipinski definition) is 2. The van der Waals surface area contributed by atoms with Gasteiger partial charge >= 0.3 is 0 Å². The topological polar surface area (TPSA) is 74.0 Å². The van der Waals surface area contributed by atoms with Crippen molar-refractivity contribution in [1.82, 2.24) is 15.1 Å². The molecule has 2 rings (SSSR count). The Kier molecular flexibility index (Phi) is 12.2. The van der Waals surface area contributed by atoms with Gasteiger partial charge < -0.3 is 16.0 Å². The molecule has 164 valence electrons.